The number of primary amides is 1. The second-order valence-corrected chi connectivity index (χ2v) is 9.86. The van der Waals surface area contributed by atoms with Crippen molar-refractivity contribution in [1.29, 1.82) is 0 Å². The number of benzene rings is 1. The molecule has 0 bridgehead atoms. The fraction of sp³-hybridized carbons (Fsp3) is 0.565. The first-order valence-electron chi connectivity index (χ1n) is 11.3. The minimum absolute atomic E-state index is 0.0655. The fourth-order valence-corrected chi connectivity index (χ4v) is 6.41. The first-order chi connectivity index (χ1) is 15.3. The molecule has 4 aliphatic rings. The first kappa shape index (κ1) is 21.4. The van der Waals surface area contributed by atoms with Crippen molar-refractivity contribution in [3.63, 3.8) is 0 Å². The number of likely N-dealkylation sites (tertiary alicyclic amines) is 1. The smallest absolute Gasteiger partial charge is 0.250 e. The lowest BCUT2D eigenvalue weighted by atomic mass is 9.76. The number of rotatable bonds is 4. The lowest BCUT2D eigenvalue weighted by molar-refractivity contribution is -0.146. The number of carbonyl (C=O) groups excluding carboxylic acids is 4. The number of amides is 4. The number of anilines is 1. The SMILES string of the molecule is Cc1c(Cl)ccc2c1NC(=O)[C@]21N[C@H](CCC(N)=O)[C@H]2C(=O)N(C3CCCCC3)C(=O)[C@H]21. The maximum Gasteiger partial charge on any atom is 0.250 e. The van der Waals surface area contributed by atoms with Gasteiger partial charge in [-0.2, -0.15) is 0 Å². The van der Waals surface area contributed by atoms with E-state index in [-0.39, 0.29) is 36.6 Å². The molecule has 3 heterocycles. The zero-order valence-corrected chi connectivity index (χ0v) is 18.7. The zero-order chi connectivity index (χ0) is 22.8. The monoisotopic (exact) mass is 458 g/mol. The zero-order valence-electron chi connectivity index (χ0n) is 17.9. The molecule has 5 rings (SSSR count). The molecule has 4 amide bonds. The predicted octanol–water partition coefficient (Wildman–Crippen LogP) is 1.97. The lowest BCUT2D eigenvalue weighted by Gasteiger charge is -2.34. The highest BCUT2D eigenvalue weighted by Gasteiger charge is 2.70. The van der Waals surface area contributed by atoms with Crippen molar-refractivity contribution < 1.29 is 19.2 Å². The summed E-state index contributed by atoms with van der Waals surface area (Å²) in [5, 5.41) is 6.75. The molecule has 2 saturated heterocycles. The first-order valence-corrected chi connectivity index (χ1v) is 11.7. The van der Waals surface area contributed by atoms with Gasteiger partial charge in [-0.15, -0.1) is 0 Å². The molecule has 1 aliphatic carbocycles. The Labute approximate surface area is 191 Å². The van der Waals surface area contributed by atoms with Gasteiger partial charge in [0.15, 0.2) is 0 Å². The number of nitrogens with zero attached hydrogens (tertiary/aromatic N) is 1. The highest BCUT2D eigenvalue weighted by molar-refractivity contribution is 6.32. The van der Waals surface area contributed by atoms with E-state index in [1.807, 2.05) is 6.92 Å². The number of carbonyl (C=O) groups is 4. The Hall–Kier alpha value is -2.45. The number of hydrogen-bond donors (Lipinski definition) is 3. The second kappa shape index (κ2) is 7.56. The molecule has 1 aromatic rings. The second-order valence-electron chi connectivity index (χ2n) is 9.45. The highest BCUT2D eigenvalue weighted by Crippen LogP contribution is 2.55. The van der Waals surface area contributed by atoms with E-state index >= 15 is 0 Å². The van der Waals surface area contributed by atoms with Crippen LogP contribution in [-0.2, 0) is 24.7 Å². The number of nitrogens with two attached hydrogens (primary N) is 1. The van der Waals surface area contributed by atoms with Gasteiger partial charge in [-0.25, -0.2) is 0 Å². The molecule has 32 heavy (non-hydrogen) atoms. The normalized spacial score (nSPS) is 31.9. The van der Waals surface area contributed by atoms with Crippen LogP contribution in [0.2, 0.25) is 5.02 Å². The number of halogens is 1. The van der Waals surface area contributed by atoms with E-state index < -0.39 is 29.3 Å². The van der Waals surface area contributed by atoms with Crippen LogP contribution in [0.5, 0.6) is 0 Å². The summed E-state index contributed by atoms with van der Waals surface area (Å²) in [6.07, 6.45) is 4.99. The van der Waals surface area contributed by atoms with Crippen molar-refractivity contribution >= 4 is 40.9 Å². The molecule has 1 saturated carbocycles. The molecular weight excluding hydrogens is 432 g/mol. The van der Waals surface area contributed by atoms with E-state index in [1.54, 1.807) is 12.1 Å². The van der Waals surface area contributed by atoms with Gasteiger partial charge >= 0.3 is 0 Å². The Kier molecular flexibility index (Phi) is 5.05. The highest BCUT2D eigenvalue weighted by atomic mass is 35.5. The summed E-state index contributed by atoms with van der Waals surface area (Å²) in [7, 11) is 0. The van der Waals surface area contributed by atoms with Crippen molar-refractivity contribution in [2.24, 2.45) is 17.6 Å². The van der Waals surface area contributed by atoms with Crippen molar-refractivity contribution in [3.8, 4) is 0 Å². The maximum absolute atomic E-state index is 13.8. The van der Waals surface area contributed by atoms with Crippen molar-refractivity contribution in [3.05, 3.63) is 28.3 Å². The summed E-state index contributed by atoms with van der Waals surface area (Å²) in [6.45, 7) is 1.81. The van der Waals surface area contributed by atoms with Crippen LogP contribution in [-0.4, -0.2) is 40.6 Å². The predicted molar refractivity (Wildman–Crippen MR) is 118 cm³/mol. The molecule has 0 unspecified atom stereocenters. The third-order valence-electron chi connectivity index (χ3n) is 7.76. The van der Waals surface area contributed by atoms with Gasteiger partial charge in [-0.05, 0) is 37.8 Å². The molecule has 0 radical (unpaired) electrons. The Bertz CT molecular complexity index is 1040. The van der Waals surface area contributed by atoms with E-state index in [4.69, 9.17) is 17.3 Å². The number of fused-ring (bicyclic) bond motifs is 4. The quantitative estimate of drug-likeness (QED) is 0.595. The molecule has 1 aromatic carbocycles. The van der Waals surface area contributed by atoms with E-state index in [0.717, 1.165) is 32.1 Å². The van der Waals surface area contributed by atoms with E-state index in [9.17, 15) is 19.2 Å². The van der Waals surface area contributed by atoms with Crippen LogP contribution >= 0.6 is 11.6 Å². The van der Waals surface area contributed by atoms with Crippen molar-refractivity contribution in [1.82, 2.24) is 10.2 Å². The van der Waals surface area contributed by atoms with Gasteiger partial charge in [-0.3, -0.25) is 29.4 Å². The summed E-state index contributed by atoms with van der Waals surface area (Å²) in [5.41, 5.74) is 5.94. The summed E-state index contributed by atoms with van der Waals surface area (Å²) in [6, 6.07) is 2.83. The van der Waals surface area contributed by atoms with Crippen LogP contribution in [0.4, 0.5) is 5.69 Å². The topological polar surface area (TPSA) is 122 Å². The van der Waals surface area contributed by atoms with Crippen LogP contribution in [0.1, 0.15) is 56.1 Å². The average molecular weight is 459 g/mol. The van der Waals surface area contributed by atoms with Gasteiger partial charge in [0, 0.05) is 29.1 Å². The molecular formula is C23H27ClN4O4. The summed E-state index contributed by atoms with van der Waals surface area (Å²) in [5.74, 6) is -2.95. The van der Waals surface area contributed by atoms with Crippen LogP contribution in [0, 0.1) is 18.8 Å². The third-order valence-corrected chi connectivity index (χ3v) is 8.17. The Balaban J connectivity index is 1.62. The molecule has 8 nitrogen and oxygen atoms in total. The van der Waals surface area contributed by atoms with E-state index in [2.05, 4.69) is 10.6 Å². The van der Waals surface area contributed by atoms with Crippen LogP contribution in [0.25, 0.3) is 0 Å². The third kappa shape index (κ3) is 2.85. The molecule has 1 spiro atoms. The molecule has 4 N–H and O–H groups in total. The number of hydrogen-bond acceptors (Lipinski definition) is 5. The molecule has 0 aromatic heterocycles. The van der Waals surface area contributed by atoms with Crippen LogP contribution < -0.4 is 16.4 Å². The van der Waals surface area contributed by atoms with Gasteiger partial charge < -0.3 is 11.1 Å². The largest absolute Gasteiger partial charge is 0.370 e. The summed E-state index contributed by atoms with van der Waals surface area (Å²) < 4.78 is 0. The van der Waals surface area contributed by atoms with Crippen molar-refractivity contribution in [2.45, 2.75) is 69.5 Å². The minimum Gasteiger partial charge on any atom is -0.370 e. The van der Waals surface area contributed by atoms with Crippen molar-refractivity contribution in [2.75, 3.05) is 5.32 Å². The van der Waals surface area contributed by atoms with Gasteiger partial charge in [0.1, 0.15) is 5.54 Å². The molecule has 9 heteroatoms. The van der Waals surface area contributed by atoms with Gasteiger partial charge in [0.05, 0.1) is 17.5 Å². The summed E-state index contributed by atoms with van der Waals surface area (Å²) >= 11 is 6.28. The Morgan fingerprint density at radius 3 is 2.59 bits per heavy atom. The van der Waals surface area contributed by atoms with Crippen LogP contribution in [0.3, 0.4) is 0 Å². The standard InChI is InChI=1S/C23H27ClN4O4/c1-11-14(24)8-7-13-19(11)26-22(32)23(13)18-17(15(27-23)9-10-16(25)29)20(30)28(21(18)31)12-5-3-2-4-6-12/h7-8,12,15,17-18,27H,2-6,9-10H2,1H3,(H2,25,29)(H,26,32)/t15-,17-,18+,23+/m1/s1. The van der Waals surface area contributed by atoms with E-state index in [1.165, 1.54) is 4.90 Å². The maximum atomic E-state index is 13.8. The molecule has 3 fully saturated rings. The fourth-order valence-electron chi connectivity index (χ4n) is 6.26. The van der Waals surface area contributed by atoms with Gasteiger partial charge in [-0.1, -0.05) is 36.9 Å². The molecule has 170 valence electrons. The van der Waals surface area contributed by atoms with Crippen LogP contribution in [0.15, 0.2) is 12.1 Å². The van der Waals surface area contributed by atoms with E-state index in [0.29, 0.717) is 21.8 Å². The number of imide groups is 1. The van der Waals surface area contributed by atoms with Gasteiger partial charge in [0.25, 0.3) is 0 Å². The molecule has 3 aliphatic heterocycles. The average Bonchev–Trinajstić information content (AvgIpc) is 3.35. The summed E-state index contributed by atoms with van der Waals surface area (Å²) in [4.78, 5) is 53.9. The lowest BCUT2D eigenvalue weighted by Crippen LogP contribution is -2.54. The molecule has 4 atom stereocenters. The minimum atomic E-state index is -1.37. The number of nitrogens with one attached hydrogen (secondary N) is 2. The van der Waals surface area contributed by atoms with Gasteiger partial charge in [0.2, 0.25) is 23.6 Å². The Morgan fingerprint density at radius 1 is 1.19 bits per heavy atom. The Morgan fingerprint density at radius 2 is 1.91 bits per heavy atom.